The van der Waals surface area contributed by atoms with Crippen LogP contribution in [0.15, 0.2) is 23.6 Å². The fourth-order valence-electron chi connectivity index (χ4n) is 1.40. The Kier molecular flexibility index (Phi) is 4.63. The number of nitrogens with one attached hydrogen (secondary N) is 2. The van der Waals surface area contributed by atoms with E-state index in [-0.39, 0.29) is 6.03 Å². The summed E-state index contributed by atoms with van der Waals surface area (Å²) in [6.07, 6.45) is 0. The standard InChI is InChI=1S/C12H11Cl2N3OS/c1-7-6-19-11(16-7)5-15-12(18)17-10-4-8(13)2-3-9(10)14/h2-4,6H,5H2,1H3,(H2,15,17,18). The zero-order chi connectivity index (χ0) is 13.8. The lowest BCUT2D eigenvalue weighted by atomic mass is 10.3. The van der Waals surface area contributed by atoms with E-state index < -0.39 is 0 Å². The van der Waals surface area contributed by atoms with E-state index in [1.54, 1.807) is 18.2 Å². The molecule has 2 N–H and O–H groups in total. The molecule has 2 amide bonds. The summed E-state index contributed by atoms with van der Waals surface area (Å²) in [5.74, 6) is 0. The maximum atomic E-state index is 11.7. The van der Waals surface area contributed by atoms with Crippen LogP contribution in [-0.2, 0) is 6.54 Å². The first-order valence-electron chi connectivity index (χ1n) is 5.45. The van der Waals surface area contributed by atoms with Crippen molar-refractivity contribution in [3.05, 3.63) is 44.3 Å². The molecule has 2 aromatic rings. The lowest BCUT2D eigenvalue weighted by Gasteiger charge is -2.08. The Balaban J connectivity index is 1.92. The minimum atomic E-state index is -0.350. The fraction of sp³-hybridized carbons (Fsp3) is 0.167. The van der Waals surface area contributed by atoms with Crippen molar-refractivity contribution in [2.24, 2.45) is 0 Å². The summed E-state index contributed by atoms with van der Waals surface area (Å²) >= 11 is 13.3. The van der Waals surface area contributed by atoms with E-state index in [0.29, 0.717) is 22.3 Å². The Labute approximate surface area is 124 Å². The number of amides is 2. The number of benzene rings is 1. The number of carbonyl (C=O) groups excluding carboxylic acids is 1. The monoisotopic (exact) mass is 315 g/mol. The van der Waals surface area contributed by atoms with Crippen LogP contribution in [0.1, 0.15) is 10.7 Å². The van der Waals surface area contributed by atoms with Crippen LogP contribution >= 0.6 is 34.5 Å². The van der Waals surface area contributed by atoms with E-state index in [1.165, 1.54) is 11.3 Å². The topological polar surface area (TPSA) is 54.0 Å². The fourth-order valence-corrected chi connectivity index (χ4v) is 2.45. The minimum Gasteiger partial charge on any atom is -0.331 e. The highest BCUT2D eigenvalue weighted by atomic mass is 35.5. The number of aromatic nitrogens is 1. The molecular formula is C12H11Cl2N3OS. The van der Waals surface area contributed by atoms with Crippen LogP contribution in [0.2, 0.25) is 10.0 Å². The highest BCUT2D eigenvalue weighted by Gasteiger charge is 2.07. The van der Waals surface area contributed by atoms with Crippen LogP contribution in [0.5, 0.6) is 0 Å². The molecule has 0 aliphatic rings. The highest BCUT2D eigenvalue weighted by molar-refractivity contribution is 7.09. The molecule has 0 saturated carbocycles. The largest absolute Gasteiger partial charge is 0.331 e. The maximum absolute atomic E-state index is 11.7. The van der Waals surface area contributed by atoms with Gasteiger partial charge in [0, 0.05) is 16.1 Å². The lowest BCUT2D eigenvalue weighted by molar-refractivity contribution is 0.251. The van der Waals surface area contributed by atoms with Gasteiger partial charge in [0.25, 0.3) is 0 Å². The summed E-state index contributed by atoms with van der Waals surface area (Å²) < 4.78 is 0. The van der Waals surface area contributed by atoms with Gasteiger partial charge in [-0.25, -0.2) is 9.78 Å². The normalized spacial score (nSPS) is 10.3. The van der Waals surface area contributed by atoms with Gasteiger partial charge in [0.15, 0.2) is 0 Å². The molecular weight excluding hydrogens is 305 g/mol. The molecule has 0 unspecified atom stereocenters. The van der Waals surface area contributed by atoms with Crippen LogP contribution in [0.4, 0.5) is 10.5 Å². The molecule has 0 fully saturated rings. The van der Waals surface area contributed by atoms with Crippen LogP contribution in [0.3, 0.4) is 0 Å². The summed E-state index contributed by atoms with van der Waals surface area (Å²) in [6, 6.07) is 4.53. The number of hydrogen-bond acceptors (Lipinski definition) is 3. The minimum absolute atomic E-state index is 0.350. The second kappa shape index (κ2) is 6.23. The van der Waals surface area contributed by atoms with Gasteiger partial charge in [-0.05, 0) is 25.1 Å². The molecule has 4 nitrogen and oxygen atoms in total. The smallest absolute Gasteiger partial charge is 0.319 e. The molecule has 1 heterocycles. The number of rotatable bonds is 3. The molecule has 0 radical (unpaired) electrons. The van der Waals surface area contributed by atoms with Crippen molar-refractivity contribution in [1.82, 2.24) is 10.3 Å². The molecule has 1 aromatic carbocycles. The Bertz CT molecular complexity index is 600. The van der Waals surface area contributed by atoms with Crippen molar-refractivity contribution in [1.29, 1.82) is 0 Å². The Morgan fingerprint density at radius 1 is 1.42 bits per heavy atom. The van der Waals surface area contributed by atoms with E-state index >= 15 is 0 Å². The quantitative estimate of drug-likeness (QED) is 0.896. The van der Waals surface area contributed by atoms with Gasteiger partial charge in [-0.1, -0.05) is 23.2 Å². The SMILES string of the molecule is Cc1csc(CNC(=O)Nc2cc(Cl)ccc2Cl)n1. The molecule has 0 saturated heterocycles. The van der Waals surface area contributed by atoms with Gasteiger partial charge in [-0.3, -0.25) is 0 Å². The van der Waals surface area contributed by atoms with Crippen molar-refractivity contribution >= 4 is 46.3 Å². The van der Waals surface area contributed by atoms with Gasteiger partial charge >= 0.3 is 6.03 Å². The zero-order valence-electron chi connectivity index (χ0n) is 10.0. The number of nitrogens with zero attached hydrogens (tertiary/aromatic N) is 1. The second-order valence-corrected chi connectivity index (χ2v) is 5.60. The number of aryl methyl sites for hydroxylation is 1. The predicted octanol–water partition coefficient (Wildman–Crippen LogP) is 4.08. The van der Waals surface area contributed by atoms with Crippen molar-refractivity contribution in [2.75, 3.05) is 5.32 Å². The predicted molar refractivity (Wildman–Crippen MR) is 79.2 cm³/mol. The number of hydrogen-bond donors (Lipinski definition) is 2. The molecule has 1 aromatic heterocycles. The Hall–Kier alpha value is -1.30. The molecule has 0 spiro atoms. The number of thiazole rings is 1. The molecule has 7 heteroatoms. The van der Waals surface area contributed by atoms with Gasteiger partial charge in [-0.15, -0.1) is 11.3 Å². The first-order chi connectivity index (χ1) is 9.04. The van der Waals surface area contributed by atoms with Crippen molar-refractivity contribution < 1.29 is 4.79 Å². The first-order valence-corrected chi connectivity index (χ1v) is 7.09. The van der Waals surface area contributed by atoms with Gasteiger partial charge in [-0.2, -0.15) is 0 Å². The molecule has 0 atom stereocenters. The summed E-state index contributed by atoms with van der Waals surface area (Å²) in [5.41, 5.74) is 1.42. The summed E-state index contributed by atoms with van der Waals surface area (Å²) in [5, 5.41) is 9.07. The van der Waals surface area contributed by atoms with Crippen molar-refractivity contribution in [2.45, 2.75) is 13.5 Å². The van der Waals surface area contributed by atoms with E-state index in [0.717, 1.165) is 10.7 Å². The molecule has 19 heavy (non-hydrogen) atoms. The van der Waals surface area contributed by atoms with Crippen LogP contribution in [0, 0.1) is 6.92 Å². The maximum Gasteiger partial charge on any atom is 0.319 e. The van der Waals surface area contributed by atoms with Gasteiger partial charge in [0.05, 0.1) is 17.3 Å². The van der Waals surface area contributed by atoms with Gasteiger partial charge < -0.3 is 10.6 Å². The molecule has 100 valence electrons. The van der Waals surface area contributed by atoms with Crippen LogP contribution in [-0.4, -0.2) is 11.0 Å². The Morgan fingerprint density at radius 3 is 2.89 bits per heavy atom. The van der Waals surface area contributed by atoms with E-state index in [1.807, 2.05) is 12.3 Å². The number of urea groups is 1. The number of anilines is 1. The third-order valence-electron chi connectivity index (χ3n) is 2.24. The third kappa shape index (κ3) is 4.09. The number of halogens is 2. The average Bonchev–Trinajstić information content (AvgIpc) is 2.77. The third-order valence-corrected chi connectivity index (χ3v) is 3.77. The summed E-state index contributed by atoms with van der Waals surface area (Å²) in [6.45, 7) is 2.29. The molecule has 0 bridgehead atoms. The molecule has 0 aliphatic carbocycles. The van der Waals surface area contributed by atoms with Gasteiger partial charge in [0.2, 0.25) is 0 Å². The van der Waals surface area contributed by atoms with Crippen LogP contribution < -0.4 is 10.6 Å². The zero-order valence-corrected chi connectivity index (χ0v) is 12.4. The Morgan fingerprint density at radius 2 is 2.21 bits per heavy atom. The lowest BCUT2D eigenvalue weighted by Crippen LogP contribution is -2.28. The van der Waals surface area contributed by atoms with E-state index in [2.05, 4.69) is 15.6 Å². The summed E-state index contributed by atoms with van der Waals surface area (Å²) in [7, 11) is 0. The summed E-state index contributed by atoms with van der Waals surface area (Å²) in [4.78, 5) is 16.0. The average molecular weight is 316 g/mol. The van der Waals surface area contributed by atoms with E-state index in [9.17, 15) is 4.79 Å². The highest BCUT2D eigenvalue weighted by Crippen LogP contribution is 2.25. The van der Waals surface area contributed by atoms with E-state index in [4.69, 9.17) is 23.2 Å². The van der Waals surface area contributed by atoms with Crippen LogP contribution in [0.25, 0.3) is 0 Å². The van der Waals surface area contributed by atoms with Gasteiger partial charge in [0.1, 0.15) is 5.01 Å². The second-order valence-electron chi connectivity index (χ2n) is 3.81. The number of carbonyl (C=O) groups is 1. The first kappa shape index (κ1) is 14.1. The molecule has 2 rings (SSSR count). The van der Waals surface area contributed by atoms with Crippen molar-refractivity contribution in [3.8, 4) is 0 Å². The molecule has 0 aliphatic heterocycles. The van der Waals surface area contributed by atoms with Crippen molar-refractivity contribution in [3.63, 3.8) is 0 Å².